The Bertz CT molecular complexity index is 636. The Morgan fingerprint density at radius 1 is 1.20 bits per heavy atom. The number of hydrogen-bond donors (Lipinski definition) is 2. The third-order valence-corrected chi connectivity index (χ3v) is 3.72. The number of rotatable bonds is 9. The van der Waals surface area contributed by atoms with Crippen molar-refractivity contribution in [3.8, 4) is 5.69 Å². The van der Waals surface area contributed by atoms with Gasteiger partial charge in [-0.3, -0.25) is 4.99 Å². The highest BCUT2D eigenvalue weighted by Gasteiger charge is 2.02. The Morgan fingerprint density at radius 3 is 2.72 bits per heavy atom. The molecule has 0 bridgehead atoms. The van der Waals surface area contributed by atoms with Gasteiger partial charge in [0.25, 0.3) is 0 Å². The van der Waals surface area contributed by atoms with Crippen LogP contribution in [0.4, 0.5) is 0 Å². The molecule has 0 aliphatic carbocycles. The molecule has 0 saturated heterocycles. The standard InChI is InChI=1S/C19H29N5O/c1-16(2)9-11-25-12-10-21-19(20-3)22-13-17-14-23-24(15-17)18-7-5-4-6-8-18/h4-8,14-16H,9-13H2,1-3H3,(H2,20,21,22). The topological polar surface area (TPSA) is 63.5 Å². The summed E-state index contributed by atoms with van der Waals surface area (Å²) in [7, 11) is 1.77. The van der Waals surface area contributed by atoms with E-state index in [4.69, 9.17) is 4.74 Å². The van der Waals surface area contributed by atoms with Gasteiger partial charge < -0.3 is 15.4 Å². The van der Waals surface area contributed by atoms with E-state index in [0.29, 0.717) is 19.1 Å². The van der Waals surface area contributed by atoms with Gasteiger partial charge in [-0.1, -0.05) is 32.0 Å². The van der Waals surface area contributed by atoms with Crippen LogP contribution in [-0.2, 0) is 11.3 Å². The smallest absolute Gasteiger partial charge is 0.191 e. The molecule has 6 nitrogen and oxygen atoms in total. The maximum absolute atomic E-state index is 5.60. The molecule has 0 aliphatic rings. The van der Waals surface area contributed by atoms with Crippen LogP contribution >= 0.6 is 0 Å². The largest absolute Gasteiger partial charge is 0.380 e. The van der Waals surface area contributed by atoms with Crippen LogP contribution in [0.5, 0.6) is 0 Å². The number of nitrogens with one attached hydrogen (secondary N) is 2. The number of hydrogen-bond acceptors (Lipinski definition) is 3. The highest BCUT2D eigenvalue weighted by atomic mass is 16.5. The molecule has 1 aromatic carbocycles. The molecular weight excluding hydrogens is 314 g/mol. The molecule has 6 heteroatoms. The zero-order valence-electron chi connectivity index (χ0n) is 15.4. The van der Waals surface area contributed by atoms with Gasteiger partial charge in [0.15, 0.2) is 5.96 Å². The van der Waals surface area contributed by atoms with Gasteiger partial charge in [0.05, 0.1) is 18.5 Å². The molecular formula is C19H29N5O. The molecule has 1 aromatic heterocycles. The SMILES string of the molecule is CN=C(NCCOCCC(C)C)NCc1cnn(-c2ccccc2)c1. The lowest BCUT2D eigenvalue weighted by Crippen LogP contribution is -2.38. The summed E-state index contributed by atoms with van der Waals surface area (Å²) in [4.78, 5) is 4.23. The van der Waals surface area contributed by atoms with Crippen molar-refractivity contribution in [2.45, 2.75) is 26.8 Å². The van der Waals surface area contributed by atoms with E-state index in [1.165, 1.54) is 0 Å². The van der Waals surface area contributed by atoms with Crippen LogP contribution in [0.15, 0.2) is 47.7 Å². The lowest BCUT2D eigenvalue weighted by atomic mass is 10.1. The number of aliphatic imine (C=N–C) groups is 1. The molecule has 0 saturated carbocycles. The number of benzene rings is 1. The van der Waals surface area contributed by atoms with Crippen LogP contribution in [0.3, 0.4) is 0 Å². The molecule has 1 heterocycles. The normalized spacial score (nSPS) is 11.8. The van der Waals surface area contributed by atoms with Gasteiger partial charge >= 0.3 is 0 Å². The predicted octanol–water partition coefficient (Wildman–Crippen LogP) is 2.60. The van der Waals surface area contributed by atoms with Gasteiger partial charge in [-0.2, -0.15) is 5.10 Å². The predicted molar refractivity (Wildman–Crippen MR) is 102 cm³/mol. The summed E-state index contributed by atoms with van der Waals surface area (Å²) >= 11 is 0. The lowest BCUT2D eigenvalue weighted by molar-refractivity contribution is 0.128. The fraction of sp³-hybridized carbons (Fsp3) is 0.474. The fourth-order valence-corrected chi connectivity index (χ4v) is 2.24. The van der Waals surface area contributed by atoms with Gasteiger partial charge in [-0.15, -0.1) is 0 Å². The third kappa shape index (κ3) is 6.97. The molecule has 2 aromatic rings. The summed E-state index contributed by atoms with van der Waals surface area (Å²) in [6, 6.07) is 10.1. The van der Waals surface area contributed by atoms with Crippen LogP contribution < -0.4 is 10.6 Å². The first-order valence-corrected chi connectivity index (χ1v) is 8.80. The Morgan fingerprint density at radius 2 is 2.00 bits per heavy atom. The lowest BCUT2D eigenvalue weighted by Gasteiger charge is -2.11. The minimum absolute atomic E-state index is 0.667. The van der Waals surface area contributed by atoms with E-state index >= 15 is 0 Å². The second-order valence-electron chi connectivity index (χ2n) is 6.28. The van der Waals surface area contributed by atoms with Crippen LogP contribution in [0.1, 0.15) is 25.8 Å². The summed E-state index contributed by atoms with van der Waals surface area (Å²) in [5.41, 5.74) is 2.15. The van der Waals surface area contributed by atoms with Crippen molar-refractivity contribution in [3.05, 3.63) is 48.3 Å². The van der Waals surface area contributed by atoms with Crippen LogP contribution in [0, 0.1) is 5.92 Å². The summed E-state index contributed by atoms with van der Waals surface area (Å²) in [5.74, 6) is 1.44. The molecule has 25 heavy (non-hydrogen) atoms. The minimum Gasteiger partial charge on any atom is -0.380 e. The van der Waals surface area contributed by atoms with Gasteiger partial charge in [-0.25, -0.2) is 4.68 Å². The Hall–Kier alpha value is -2.34. The second kappa shape index (κ2) is 10.5. The van der Waals surface area contributed by atoms with E-state index in [-0.39, 0.29) is 0 Å². The number of guanidine groups is 1. The first-order valence-electron chi connectivity index (χ1n) is 8.80. The summed E-state index contributed by atoms with van der Waals surface area (Å²) < 4.78 is 7.47. The van der Waals surface area contributed by atoms with E-state index in [1.807, 2.05) is 47.4 Å². The maximum Gasteiger partial charge on any atom is 0.191 e. The van der Waals surface area contributed by atoms with E-state index in [1.54, 1.807) is 7.05 Å². The van der Waals surface area contributed by atoms with Gasteiger partial charge in [0.1, 0.15) is 0 Å². The maximum atomic E-state index is 5.60. The van der Waals surface area contributed by atoms with Crippen molar-refractivity contribution in [1.29, 1.82) is 0 Å². The summed E-state index contributed by atoms with van der Waals surface area (Å²) in [6.45, 7) is 7.30. The molecule has 0 radical (unpaired) electrons. The quantitative estimate of drug-likeness (QED) is 0.417. The van der Waals surface area contributed by atoms with Gasteiger partial charge in [-0.05, 0) is 24.5 Å². The molecule has 0 atom stereocenters. The number of nitrogens with zero attached hydrogens (tertiary/aromatic N) is 3. The van der Waals surface area contributed by atoms with Crippen molar-refractivity contribution < 1.29 is 4.74 Å². The van der Waals surface area contributed by atoms with Crippen LogP contribution in [0.2, 0.25) is 0 Å². The fourth-order valence-electron chi connectivity index (χ4n) is 2.24. The molecule has 136 valence electrons. The zero-order chi connectivity index (χ0) is 17.9. The van der Waals surface area contributed by atoms with Gasteiger partial charge in [0.2, 0.25) is 0 Å². The molecule has 0 aliphatic heterocycles. The Balaban J connectivity index is 1.70. The number of para-hydroxylation sites is 1. The van der Waals surface area contributed by atoms with Gasteiger partial charge in [0, 0.05) is 38.5 Å². The number of aromatic nitrogens is 2. The summed E-state index contributed by atoms with van der Waals surface area (Å²) in [6.07, 6.45) is 4.98. The molecule has 2 rings (SSSR count). The number of ether oxygens (including phenoxy) is 1. The van der Waals surface area contributed by atoms with E-state index in [9.17, 15) is 0 Å². The van der Waals surface area contributed by atoms with Crippen LogP contribution in [-0.4, -0.2) is 42.5 Å². The van der Waals surface area contributed by atoms with Crippen molar-refractivity contribution >= 4 is 5.96 Å². The highest BCUT2D eigenvalue weighted by Crippen LogP contribution is 2.07. The molecule has 0 unspecified atom stereocenters. The first-order chi connectivity index (χ1) is 12.2. The van der Waals surface area contributed by atoms with E-state index in [2.05, 4.69) is 34.6 Å². The minimum atomic E-state index is 0.667. The molecule has 2 N–H and O–H groups in total. The molecule has 0 fully saturated rings. The van der Waals surface area contributed by atoms with Crippen molar-refractivity contribution in [2.24, 2.45) is 10.9 Å². The first kappa shape index (κ1) is 19.0. The summed E-state index contributed by atoms with van der Waals surface area (Å²) in [5, 5.41) is 10.9. The Labute approximate surface area is 150 Å². The third-order valence-electron chi connectivity index (χ3n) is 3.72. The molecule has 0 spiro atoms. The average molecular weight is 343 g/mol. The average Bonchev–Trinajstić information content (AvgIpc) is 3.10. The van der Waals surface area contributed by atoms with Crippen LogP contribution in [0.25, 0.3) is 5.69 Å². The monoisotopic (exact) mass is 343 g/mol. The van der Waals surface area contributed by atoms with E-state index in [0.717, 1.165) is 36.8 Å². The van der Waals surface area contributed by atoms with Crippen molar-refractivity contribution in [1.82, 2.24) is 20.4 Å². The zero-order valence-corrected chi connectivity index (χ0v) is 15.4. The highest BCUT2D eigenvalue weighted by molar-refractivity contribution is 5.79. The Kier molecular flexibility index (Phi) is 7.98. The van der Waals surface area contributed by atoms with Crippen molar-refractivity contribution in [3.63, 3.8) is 0 Å². The van der Waals surface area contributed by atoms with Crippen molar-refractivity contribution in [2.75, 3.05) is 26.8 Å². The molecule has 0 amide bonds. The van der Waals surface area contributed by atoms with E-state index < -0.39 is 0 Å². The second-order valence-corrected chi connectivity index (χ2v) is 6.28.